The quantitative estimate of drug-likeness (QED) is 0.574. The number of amides is 1. The van der Waals surface area contributed by atoms with Crippen LogP contribution in [0, 0.1) is 0 Å². The Morgan fingerprint density at radius 2 is 1.96 bits per heavy atom. The Morgan fingerprint density at radius 1 is 1.31 bits per heavy atom. The zero-order chi connectivity index (χ0) is 19.7. The number of carbonyl (C=O) groups excluding carboxylic acids is 3. The van der Waals surface area contributed by atoms with Gasteiger partial charge in [-0.2, -0.15) is 0 Å². The lowest BCUT2D eigenvalue weighted by Crippen LogP contribution is -2.66. The van der Waals surface area contributed by atoms with Gasteiger partial charge < -0.3 is 34.1 Å². The van der Waals surface area contributed by atoms with Gasteiger partial charge in [0.25, 0.3) is 5.79 Å². The van der Waals surface area contributed by atoms with E-state index in [1.54, 1.807) is 13.8 Å². The van der Waals surface area contributed by atoms with Crippen molar-refractivity contribution in [1.82, 2.24) is 5.32 Å². The Kier molecular flexibility index (Phi) is 6.03. The highest BCUT2D eigenvalue weighted by Gasteiger charge is 2.56. The fourth-order valence-corrected chi connectivity index (χ4v) is 3.08. The van der Waals surface area contributed by atoms with Gasteiger partial charge in [-0.25, -0.2) is 4.79 Å². The van der Waals surface area contributed by atoms with Gasteiger partial charge in [-0.15, -0.1) is 0 Å². The van der Waals surface area contributed by atoms with Gasteiger partial charge in [0, 0.05) is 14.0 Å². The number of aliphatic hydroxyl groups excluding tert-OH is 1. The van der Waals surface area contributed by atoms with Gasteiger partial charge in [-0.3, -0.25) is 9.59 Å². The van der Waals surface area contributed by atoms with E-state index in [1.165, 1.54) is 14.0 Å². The molecule has 2 heterocycles. The van der Waals surface area contributed by atoms with Crippen LogP contribution in [0.15, 0.2) is 0 Å². The van der Waals surface area contributed by atoms with Crippen LogP contribution in [0.2, 0.25) is 0 Å². The summed E-state index contributed by atoms with van der Waals surface area (Å²) in [7, 11) is 2.31. The first-order chi connectivity index (χ1) is 12.0. The summed E-state index contributed by atoms with van der Waals surface area (Å²) in [6.45, 7) is 4.62. The molecule has 10 nitrogen and oxygen atoms in total. The van der Waals surface area contributed by atoms with Crippen molar-refractivity contribution in [2.24, 2.45) is 0 Å². The Morgan fingerprint density at radius 3 is 2.42 bits per heavy atom. The maximum Gasteiger partial charge on any atom is 0.367 e. The van der Waals surface area contributed by atoms with E-state index in [-0.39, 0.29) is 6.61 Å². The van der Waals surface area contributed by atoms with Crippen LogP contribution < -0.4 is 5.32 Å². The van der Waals surface area contributed by atoms with Crippen LogP contribution in [-0.2, 0) is 38.1 Å². The molecule has 26 heavy (non-hydrogen) atoms. The van der Waals surface area contributed by atoms with E-state index in [0.717, 1.165) is 7.11 Å². The van der Waals surface area contributed by atoms with Crippen molar-refractivity contribution in [3.8, 4) is 0 Å². The SMILES string of the molecule is COC(=O)[C@]1(OC)CC(=O)[C@@H](NC(C)=O)C([C@H](O)[C@H]2COC(C)(C)O2)O1. The molecule has 10 heteroatoms. The number of ether oxygens (including phenoxy) is 5. The number of carbonyl (C=O) groups is 3. The molecule has 0 radical (unpaired) electrons. The number of hydrogen-bond donors (Lipinski definition) is 2. The van der Waals surface area contributed by atoms with Crippen LogP contribution in [0.1, 0.15) is 27.2 Å². The maximum atomic E-state index is 12.6. The fraction of sp³-hybridized carbons (Fsp3) is 0.812. The van der Waals surface area contributed by atoms with Gasteiger partial charge in [0.15, 0.2) is 11.6 Å². The molecule has 2 aliphatic rings. The van der Waals surface area contributed by atoms with Crippen molar-refractivity contribution in [3.05, 3.63) is 0 Å². The first-order valence-electron chi connectivity index (χ1n) is 8.16. The van der Waals surface area contributed by atoms with E-state index in [0.29, 0.717) is 0 Å². The third-order valence-corrected chi connectivity index (χ3v) is 4.34. The van der Waals surface area contributed by atoms with Crippen LogP contribution in [0.25, 0.3) is 0 Å². The normalized spacial score (nSPS) is 35.0. The van der Waals surface area contributed by atoms with Crippen molar-refractivity contribution in [2.75, 3.05) is 20.8 Å². The Balaban J connectivity index is 2.33. The molecule has 2 fully saturated rings. The number of nitrogens with one attached hydrogen (secondary N) is 1. The first kappa shape index (κ1) is 20.7. The topological polar surface area (TPSA) is 130 Å². The molecule has 0 aromatic heterocycles. The summed E-state index contributed by atoms with van der Waals surface area (Å²) in [6.07, 6.45) is -3.99. The molecular weight excluding hydrogens is 350 g/mol. The molecule has 1 amide bonds. The number of methoxy groups -OCH3 is 2. The van der Waals surface area contributed by atoms with E-state index in [1.807, 2.05) is 0 Å². The van der Waals surface area contributed by atoms with Crippen molar-refractivity contribution in [1.29, 1.82) is 0 Å². The third-order valence-electron chi connectivity index (χ3n) is 4.34. The molecule has 2 aliphatic heterocycles. The highest BCUT2D eigenvalue weighted by Crippen LogP contribution is 2.34. The molecule has 2 saturated heterocycles. The summed E-state index contributed by atoms with van der Waals surface area (Å²) in [5, 5.41) is 13.2. The molecule has 0 saturated carbocycles. The number of esters is 1. The molecule has 0 aromatic rings. The average molecular weight is 375 g/mol. The summed E-state index contributed by atoms with van der Waals surface area (Å²) in [4.78, 5) is 36.2. The highest BCUT2D eigenvalue weighted by molar-refractivity contribution is 5.94. The number of Topliss-reactive ketones (excluding diaryl/α,β-unsaturated/α-hetero) is 1. The minimum Gasteiger partial charge on any atom is -0.465 e. The van der Waals surface area contributed by atoms with Gasteiger partial charge in [0.2, 0.25) is 5.91 Å². The largest absolute Gasteiger partial charge is 0.465 e. The van der Waals surface area contributed by atoms with E-state index in [2.05, 4.69) is 10.1 Å². The van der Waals surface area contributed by atoms with E-state index in [9.17, 15) is 19.5 Å². The predicted octanol–water partition coefficient (Wildman–Crippen LogP) is -1.12. The van der Waals surface area contributed by atoms with Crippen LogP contribution >= 0.6 is 0 Å². The van der Waals surface area contributed by atoms with E-state index in [4.69, 9.17) is 18.9 Å². The molecule has 0 aliphatic carbocycles. The number of rotatable bonds is 5. The van der Waals surface area contributed by atoms with E-state index < -0.39 is 60.0 Å². The van der Waals surface area contributed by atoms with Gasteiger partial charge in [0.1, 0.15) is 24.4 Å². The zero-order valence-electron chi connectivity index (χ0n) is 15.4. The molecule has 1 unspecified atom stereocenters. The number of hydrogen-bond acceptors (Lipinski definition) is 9. The minimum absolute atomic E-state index is 0.0488. The van der Waals surface area contributed by atoms with Crippen molar-refractivity contribution >= 4 is 17.7 Å². The lowest BCUT2D eigenvalue weighted by Gasteiger charge is -2.43. The van der Waals surface area contributed by atoms with Crippen molar-refractivity contribution in [3.63, 3.8) is 0 Å². The molecule has 0 aromatic carbocycles. The van der Waals surface area contributed by atoms with Gasteiger partial charge >= 0.3 is 5.97 Å². The number of ketones is 1. The summed E-state index contributed by atoms with van der Waals surface area (Å²) in [5.74, 6) is -4.89. The minimum atomic E-state index is -2.01. The lowest BCUT2D eigenvalue weighted by atomic mass is 9.89. The van der Waals surface area contributed by atoms with Gasteiger partial charge in [0.05, 0.1) is 20.1 Å². The zero-order valence-corrected chi connectivity index (χ0v) is 15.4. The van der Waals surface area contributed by atoms with Crippen molar-refractivity contribution in [2.45, 2.75) is 63.1 Å². The standard InChI is InChI=1S/C16H25NO9/c1-8(18)17-11-9(19)6-16(23-5,14(21)22-4)26-13(11)12(20)10-7-24-15(2,3)25-10/h10-13,20H,6-7H2,1-5H3,(H,17,18)/t10-,11-,12-,13?,16+/m1/s1. The fourth-order valence-electron chi connectivity index (χ4n) is 3.08. The summed E-state index contributed by atoms with van der Waals surface area (Å²) in [5.41, 5.74) is 0. The molecule has 0 spiro atoms. The van der Waals surface area contributed by atoms with Crippen molar-refractivity contribution < 1.29 is 43.2 Å². The molecule has 2 N–H and O–H groups in total. The van der Waals surface area contributed by atoms with Crippen LogP contribution in [0.3, 0.4) is 0 Å². The number of aliphatic hydroxyl groups is 1. The van der Waals surface area contributed by atoms with Crippen LogP contribution in [0.5, 0.6) is 0 Å². The maximum absolute atomic E-state index is 12.6. The van der Waals surface area contributed by atoms with Gasteiger partial charge in [-0.05, 0) is 13.8 Å². The third kappa shape index (κ3) is 4.04. The Hall–Kier alpha value is -1.59. The second kappa shape index (κ2) is 7.57. The smallest absolute Gasteiger partial charge is 0.367 e. The summed E-state index contributed by atoms with van der Waals surface area (Å²) < 4.78 is 26.5. The molecule has 148 valence electrons. The highest BCUT2D eigenvalue weighted by atomic mass is 16.8. The summed E-state index contributed by atoms with van der Waals surface area (Å²) >= 11 is 0. The first-order valence-corrected chi connectivity index (χ1v) is 8.16. The van der Waals surface area contributed by atoms with Crippen LogP contribution in [-0.4, -0.2) is 79.5 Å². The molecular formula is C16H25NO9. The van der Waals surface area contributed by atoms with Crippen LogP contribution in [0.4, 0.5) is 0 Å². The molecule has 2 rings (SSSR count). The molecule has 5 atom stereocenters. The predicted molar refractivity (Wildman–Crippen MR) is 84.8 cm³/mol. The summed E-state index contributed by atoms with van der Waals surface area (Å²) in [6, 6.07) is -1.18. The molecule has 0 bridgehead atoms. The van der Waals surface area contributed by atoms with E-state index >= 15 is 0 Å². The Labute approximate surface area is 151 Å². The van der Waals surface area contributed by atoms with Gasteiger partial charge in [-0.1, -0.05) is 0 Å². The second-order valence-corrected chi connectivity index (χ2v) is 6.71. The monoisotopic (exact) mass is 375 g/mol. The Bertz CT molecular complexity index is 578. The second-order valence-electron chi connectivity index (χ2n) is 6.71. The lowest BCUT2D eigenvalue weighted by molar-refractivity contribution is -0.283. The average Bonchev–Trinajstić information content (AvgIpc) is 2.94.